The summed E-state index contributed by atoms with van der Waals surface area (Å²) in [7, 11) is 0. The molecule has 0 saturated heterocycles. The summed E-state index contributed by atoms with van der Waals surface area (Å²) in [6, 6.07) is 0. The number of esters is 3. The van der Waals surface area contributed by atoms with E-state index in [1.807, 2.05) is 0 Å². The minimum atomic E-state index is -0.764. The largest absolute Gasteiger partial charge is 0.462 e. The van der Waals surface area contributed by atoms with Gasteiger partial charge in [0.15, 0.2) is 6.10 Å². The van der Waals surface area contributed by atoms with E-state index >= 15 is 0 Å². The minimum Gasteiger partial charge on any atom is -0.462 e. The third-order valence-corrected chi connectivity index (χ3v) is 14.1. The predicted octanol–water partition coefficient (Wildman–Crippen LogP) is 20.3. The molecule has 0 aromatic carbocycles. The Bertz CT molecular complexity index is 1050. The van der Waals surface area contributed by atoms with Crippen LogP contribution in [0.3, 0.4) is 0 Å². The SMILES string of the molecule is CC(C)CCCCCCCCCCCCCCCCCCCCC(=O)O[C@@H](COC(=O)CCCCCCCCCCCCCCCCCCC(C)C)COC(=O)CCCCCCCCCC(C)C. The fraction of sp³-hybridized carbons (Fsp3) is 0.952. The molecular formula is C62H120O6. The molecule has 0 radical (unpaired) electrons. The zero-order valence-electron chi connectivity index (χ0n) is 46.9. The van der Waals surface area contributed by atoms with Crippen LogP contribution in [0.2, 0.25) is 0 Å². The van der Waals surface area contributed by atoms with Crippen molar-refractivity contribution in [2.75, 3.05) is 13.2 Å². The van der Waals surface area contributed by atoms with Crippen LogP contribution in [0, 0.1) is 17.8 Å². The highest BCUT2D eigenvalue weighted by molar-refractivity contribution is 5.71. The van der Waals surface area contributed by atoms with Crippen molar-refractivity contribution >= 4 is 17.9 Å². The standard InChI is InChI=1S/C62H120O6/c1-56(2)48-42-36-30-25-21-17-13-9-7-8-10-16-20-24-28-34-41-47-53-62(65)68-59(55-67-61(64)52-46-40-35-29-32-38-44-50-58(5)6)54-66-60(63)51-45-39-33-27-23-19-15-12-11-14-18-22-26-31-37-43-49-57(3)4/h56-59H,7-55H2,1-6H3/t59-/m0/s1. The molecule has 0 fully saturated rings. The number of carbonyl (C=O) groups is 3. The molecule has 0 aromatic heterocycles. The van der Waals surface area contributed by atoms with E-state index in [4.69, 9.17) is 14.2 Å². The van der Waals surface area contributed by atoms with Gasteiger partial charge in [-0.05, 0) is 37.0 Å². The summed E-state index contributed by atoms with van der Waals surface area (Å²) in [5.41, 5.74) is 0. The first-order chi connectivity index (χ1) is 33.1. The summed E-state index contributed by atoms with van der Waals surface area (Å²) >= 11 is 0. The van der Waals surface area contributed by atoms with Crippen molar-refractivity contribution in [2.24, 2.45) is 17.8 Å². The number of carbonyl (C=O) groups excluding carboxylic acids is 3. The van der Waals surface area contributed by atoms with E-state index in [-0.39, 0.29) is 31.1 Å². The van der Waals surface area contributed by atoms with Gasteiger partial charge in [-0.1, -0.05) is 305 Å². The third kappa shape index (κ3) is 55.3. The van der Waals surface area contributed by atoms with Gasteiger partial charge in [-0.3, -0.25) is 14.4 Å². The van der Waals surface area contributed by atoms with E-state index < -0.39 is 6.10 Å². The van der Waals surface area contributed by atoms with Gasteiger partial charge in [0.2, 0.25) is 0 Å². The quantitative estimate of drug-likeness (QED) is 0.0343. The van der Waals surface area contributed by atoms with E-state index in [9.17, 15) is 14.4 Å². The zero-order chi connectivity index (χ0) is 49.8. The first-order valence-corrected chi connectivity index (χ1v) is 30.6. The molecule has 6 nitrogen and oxygen atoms in total. The van der Waals surface area contributed by atoms with E-state index in [2.05, 4.69) is 41.5 Å². The summed E-state index contributed by atoms with van der Waals surface area (Å²) in [6.07, 6.45) is 56.9. The molecule has 0 N–H and O–H groups in total. The van der Waals surface area contributed by atoms with Crippen LogP contribution >= 0.6 is 0 Å². The molecule has 404 valence electrons. The van der Waals surface area contributed by atoms with Gasteiger partial charge < -0.3 is 14.2 Å². The average Bonchev–Trinajstić information content (AvgIpc) is 3.30. The zero-order valence-corrected chi connectivity index (χ0v) is 46.9. The van der Waals surface area contributed by atoms with Gasteiger partial charge in [0.1, 0.15) is 13.2 Å². The molecule has 0 unspecified atom stereocenters. The van der Waals surface area contributed by atoms with Crippen molar-refractivity contribution in [3.8, 4) is 0 Å². The summed E-state index contributed by atoms with van der Waals surface area (Å²) in [4.78, 5) is 38.2. The van der Waals surface area contributed by atoms with E-state index in [1.54, 1.807) is 0 Å². The fourth-order valence-corrected chi connectivity index (χ4v) is 9.53. The minimum absolute atomic E-state index is 0.0636. The van der Waals surface area contributed by atoms with Crippen LogP contribution < -0.4 is 0 Å². The summed E-state index contributed by atoms with van der Waals surface area (Å²) in [5.74, 6) is 1.65. The summed E-state index contributed by atoms with van der Waals surface area (Å²) < 4.78 is 16.9. The lowest BCUT2D eigenvalue weighted by Crippen LogP contribution is -2.30. The second-order valence-corrected chi connectivity index (χ2v) is 22.8. The molecule has 68 heavy (non-hydrogen) atoms. The van der Waals surface area contributed by atoms with Crippen molar-refractivity contribution in [3.05, 3.63) is 0 Å². The van der Waals surface area contributed by atoms with Crippen molar-refractivity contribution in [1.29, 1.82) is 0 Å². The Morgan fingerprint density at radius 1 is 0.250 bits per heavy atom. The highest BCUT2D eigenvalue weighted by Gasteiger charge is 2.19. The van der Waals surface area contributed by atoms with Crippen LogP contribution in [0.15, 0.2) is 0 Å². The van der Waals surface area contributed by atoms with Gasteiger partial charge in [0, 0.05) is 19.3 Å². The second-order valence-electron chi connectivity index (χ2n) is 22.8. The lowest BCUT2D eigenvalue weighted by Gasteiger charge is -2.18. The monoisotopic (exact) mass is 961 g/mol. The average molecular weight is 962 g/mol. The molecular weight excluding hydrogens is 841 g/mol. The van der Waals surface area contributed by atoms with Gasteiger partial charge in [-0.25, -0.2) is 0 Å². The Labute approximate surface area is 425 Å². The van der Waals surface area contributed by atoms with Gasteiger partial charge in [0.05, 0.1) is 0 Å². The lowest BCUT2D eigenvalue weighted by molar-refractivity contribution is -0.167. The van der Waals surface area contributed by atoms with Crippen LogP contribution in [0.5, 0.6) is 0 Å². The lowest BCUT2D eigenvalue weighted by atomic mass is 10.0. The molecule has 0 bridgehead atoms. The van der Waals surface area contributed by atoms with Gasteiger partial charge in [-0.2, -0.15) is 0 Å². The molecule has 1 atom stereocenters. The normalized spacial score (nSPS) is 12.1. The van der Waals surface area contributed by atoms with Crippen LogP contribution in [0.25, 0.3) is 0 Å². The molecule has 0 aliphatic rings. The van der Waals surface area contributed by atoms with Crippen LogP contribution in [-0.4, -0.2) is 37.2 Å². The Hall–Kier alpha value is -1.59. The smallest absolute Gasteiger partial charge is 0.306 e. The number of hydrogen-bond donors (Lipinski definition) is 0. The highest BCUT2D eigenvalue weighted by atomic mass is 16.6. The van der Waals surface area contributed by atoms with Crippen molar-refractivity contribution in [3.63, 3.8) is 0 Å². The van der Waals surface area contributed by atoms with Crippen molar-refractivity contribution in [1.82, 2.24) is 0 Å². The van der Waals surface area contributed by atoms with Gasteiger partial charge in [0.25, 0.3) is 0 Å². The maximum atomic E-state index is 12.9. The first-order valence-electron chi connectivity index (χ1n) is 30.6. The van der Waals surface area contributed by atoms with E-state index in [0.29, 0.717) is 19.3 Å². The first kappa shape index (κ1) is 66.4. The molecule has 6 heteroatoms. The Morgan fingerprint density at radius 3 is 0.632 bits per heavy atom. The molecule has 0 spiro atoms. The highest BCUT2D eigenvalue weighted by Crippen LogP contribution is 2.19. The molecule has 0 heterocycles. The molecule has 0 aliphatic carbocycles. The van der Waals surface area contributed by atoms with Crippen molar-refractivity contribution < 1.29 is 28.6 Å². The number of unbranched alkanes of at least 4 members (excludes halogenated alkanes) is 38. The number of rotatable bonds is 55. The van der Waals surface area contributed by atoms with E-state index in [1.165, 1.54) is 225 Å². The number of ether oxygens (including phenoxy) is 3. The topological polar surface area (TPSA) is 78.9 Å². The molecule has 0 aromatic rings. The van der Waals surface area contributed by atoms with Crippen LogP contribution in [-0.2, 0) is 28.6 Å². The number of hydrogen-bond acceptors (Lipinski definition) is 6. The Balaban J connectivity index is 4.21. The molecule has 0 rings (SSSR count). The summed E-state index contributed by atoms with van der Waals surface area (Å²) in [5, 5.41) is 0. The molecule has 0 amide bonds. The van der Waals surface area contributed by atoms with Gasteiger partial charge >= 0.3 is 17.9 Å². The van der Waals surface area contributed by atoms with Crippen LogP contribution in [0.1, 0.15) is 343 Å². The molecule has 0 saturated carbocycles. The third-order valence-electron chi connectivity index (χ3n) is 14.1. The van der Waals surface area contributed by atoms with Crippen LogP contribution in [0.4, 0.5) is 0 Å². The van der Waals surface area contributed by atoms with Gasteiger partial charge in [-0.15, -0.1) is 0 Å². The second kappa shape index (κ2) is 53.2. The van der Waals surface area contributed by atoms with Crippen molar-refractivity contribution in [2.45, 2.75) is 349 Å². The Morgan fingerprint density at radius 2 is 0.426 bits per heavy atom. The maximum absolute atomic E-state index is 12.9. The fourth-order valence-electron chi connectivity index (χ4n) is 9.53. The van der Waals surface area contributed by atoms with E-state index in [0.717, 1.165) is 75.5 Å². The Kier molecular flexibility index (Phi) is 52.0. The predicted molar refractivity (Wildman–Crippen MR) is 293 cm³/mol. The summed E-state index contributed by atoms with van der Waals surface area (Å²) in [6.45, 7) is 13.8. The molecule has 0 aliphatic heterocycles. The maximum Gasteiger partial charge on any atom is 0.306 e.